The Morgan fingerprint density at radius 1 is 1.55 bits per heavy atom. The van der Waals surface area contributed by atoms with Gasteiger partial charge in [0.05, 0.1) is 0 Å². The summed E-state index contributed by atoms with van der Waals surface area (Å²) in [6.07, 6.45) is 0. The molecule has 0 bridgehead atoms. The highest BCUT2D eigenvalue weighted by Gasteiger charge is 2.35. The number of thiocarbonyl (C=S) groups is 1. The Morgan fingerprint density at radius 2 is 2.09 bits per heavy atom. The Kier molecular flexibility index (Phi) is 2.37. The Bertz CT molecular complexity index is 157. The molecule has 1 saturated heterocycles. The van der Waals surface area contributed by atoms with Crippen molar-refractivity contribution in [3.63, 3.8) is 0 Å². The lowest BCUT2D eigenvalue weighted by Gasteiger charge is -2.47. The number of hydrogen-bond acceptors (Lipinski definition) is 1. The highest BCUT2D eigenvalue weighted by molar-refractivity contribution is 7.80. The summed E-state index contributed by atoms with van der Waals surface area (Å²) in [5.74, 6) is 0. The molecule has 0 radical (unpaired) electrons. The van der Waals surface area contributed by atoms with Crippen LogP contribution in [-0.2, 0) is 0 Å². The summed E-state index contributed by atoms with van der Waals surface area (Å²) < 4.78 is 0. The van der Waals surface area contributed by atoms with Crippen molar-refractivity contribution >= 4 is 17.3 Å². The fourth-order valence-corrected chi connectivity index (χ4v) is 1.67. The quantitative estimate of drug-likeness (QED) is 0.599. The third-order valence-corrected chi connectivity index (χ3v) is 2.26. The zero-order valence-electron chi connectivity index (χ0n) is 7.48. The minimum absolute atomic E-state index is 0.472. The van der Waals surface area contributed by atoms with Gasteiger partial charge in [-0.15, -0.1) is 0 Å². The molecule has 0 saturated carbocycles. The van der Waals surface area contributed by atoms with E-state index in [9.17, 15) is 0 Å². The van der Waals surface area contributed by atoms with Gasteiger partial charge in [-0.1, -0.05) is 13.8 Å². The summed E-state index contributed by atoms with van der Waals surface area (Å²) in [5.41, 5.74) is 0.472. The van der Waals surface area contributed by atoms with E-state index >= 15 is 0 Å². The molecule has 1 aliphatic rings. The average Bonchev–Trinajstić information content (AvgIpc) is 1.83. The van der Waals surface area contributed by atoms with Crippen LogP contribution in [0.4, 0.5) is 0 Å². The number of likely N-dealkylation sites (tertiary alicyclic amines) is 1. The van der Waals surface area contributed by atoms with E-state index in [1.807, 2.05) is 0 Å². The minimum atomic E-state index is 0.472. The smallest absolute Gasteiger partial charge is 0.168 e. The fraction of sp³-hybridized carbons (Fsp3) is 0.875. The average molecular weight is 172 g/mol. The molecule has 0 aromatic rings. The van der Waals surface area contributed by atoms with Crippen LogP contribution in [0, 0.1) is 5.41 Å². The molecule has 1 heterocycles. The molecule has 0 amide bonds. The number of nitrogens with zero attached hydrogens (tertiary/aromatic N) is 1. The van der Waals surface area contributed by atoms with Crippen molar-refractivity contribution in [2.45, 2.75) is 20.8 Å². The van der Waals surface area contributed by atoms with Crippen molar-refractivity contribution < 1.29 is 0 Å². The predicted octanol–water partition coefficient (Wildman–Crippen LogP) is 1.22. The van der Waals surface area contributed by atoms with Crippen LogP contribution in [0.5, 0.6) is 0 Å². The predicted molar refractivity (Wildman–Crippen MR) is 51.6 cm³/mol. The molecule has 2 nitrogen and oxygen atoms in total. The lowest BCUT2D eigenvalue weighted by Crippen LogP contribution is -2.58. The van der Waals surface area contributed by atoms with E-state index in [1.165, 1.54) is 0 Å². The molecule has 1 rings (SSSR count). The Morgan fingerprint density at radius 3 is 2.45 bits per heavy atom. The van der Waals surface area contributed by atoms with Crippen LogP contribution in [-0.4, -0.2) is 29.6 Å². The van der Waals surface area contributed by atoms with Crippen molar-refractivity contribution in [1.29, 1.82) is 0 Å². The van der Waals surface area contributed by atoms with E-state index in [2.05, 4.69) is 31.0 Å². The molecule has 11 heavy (non-hydrogen) atoms. The van der Waals surface area contributed by atoms with Crippen LogP contribution in [0.25, 0.3) is 0 Å². The maximum atomic E-state index is 5.14. The minimum Gasteiger partial charge on any atom is -0.363 e. The first-order chi connectivity index (χ1) is 5.05. The first-order valence-electron chi connectivity index (χ1n) is 4.08. The van der Waals surface area contributed by atoms with Crippen molar-refractivity contribution in [3.05, 3.63) is 0 Å². The molecule has 0 spiro atoms. The Labute approximate surface area is 74.0 Å². The maximum absolute atomic E-state index is 5.14. The van der Waals surface area contributed by atoms with Gasteiger partial charge in [0, 0.05) is 19.6 Å². The zero-order chi connectivity index (χ0) is 8.48. The molecular weight excluding hydrogens is 156 g/mol. The molecule has 1 N–H and O–H groups in total. The molecule has 64 valence electrons. The van der Waals surface area contributed by atoms with Crippen LogP contribution in [0.15, 0.2) is 0 Å². The molecule has 0 atom stereocenters. The standard InChI is InChI=1S/C8H16N2S/c1-4-9-7(11)10-5-8(2,3)6-10/h4-6H2,1-3H3,(H,9,11). The molecule has 0 aliphatic carbocycles. The lowest BCUT2D eigenvalue weighted by atomic mass is 9.85. The highest BCUT2D eigenvalue weighted by atomic mass is 32.1. The SMILES string of the molecule is CCNC(=S)N1CC(C)(C)C1. The van der Waals surface area contributed by atoms with E-state index in [0.29, 0.717) is 5.41 Å². The van der Waals surface area contributed by atoms with Crippen molar-refractivity contribution in [3.8, 4) is 0 Å². The molecule has 1 aliphatic heterocycles. The Hall–Kier alpha value is -0.310. The molecule has 0 aromatic heterocycles. The summed E-state index contributed by atoms with van der Waals surface area (Å²) in [4.78, 5) is 2.21. The van der Waals surface area contributed by atoms with Crippen LogP contribution < -0.4 is 5.32 Å². The van der Waals surface area contributed by atoms with Crippen LogP contribution in [0.2, 0.25) is 0 Å². The van der Waals surface area contributed by atoms with Gasteiger partial charge in [-0.05, 0) is 24.6 Å². The van der Waals surface area contributed by atoms with Gasteiger partial charge < -0.3 is 10.2 Å². The Balaban J connectivity index is 2.27. The second-order valence-corrected chi connectivity index (χ2v) is 4.24. The van der Waals surface area contributed by atoms with E-state index in [1.54, 1.807) is 0 Å². The van der Waals surface area contributed by atoms with Crippen LogP contribution >= 0.6 is 12.2 Å². The van der Waals surface area contributed by atoms with E-state index in [0.717, 1.165) is 24.7 Å². The number of rotatable bonds is 1. The first-order valence-corrected chi connectivity index (χ1v) is 4.49. The van der Waals surface area contributed by atoms with Gasteiger partial charge in [0.15, 0.2) is 5.11 Å². The molecule has 0 unspecified atom stereocenters. The van der Waals surface area contributed by atoms with Gasteiger partial charge >= 0.3 is 0 Å². The van der Waals surface area contributed by atoms with Gasteiger partial charge in [-0.2, -0.15) is 0 Å². The highest BCUT2D eigenvalue weighted by Crippen LogP contribution is 2.28. The van der Waals surface area contributed by atoms with Crippen molar-refractivity contribution in [2.24, 2.45) is 5.41 Å². The zero-order valence-corrected chi connectivity index (χ0v) is 8.29. The number of nitrogens with one attached hydrogen (secondary N) is 1. The molecule has 0 aromatic carbocycles. The summed E-state index contributed by atoms with van der Waals surface area (Å²) in [5, 5.41) is 4.05. The van der Waals surface area contributed by atoms with Gasteiger partial charge in [0.1, 0.15) is 0 Å². The van der Waals surface area contributed by atoms with Gasteiger partial charge in [0.2, 0.25) is 0 Å². The summed E-state index contributed by atoms with van der Waals surface area (Å²) in [7, 11) is 0. The fourth-order valence-electron chi connectivity index (χ4n) is 1.39. The molecule has 3 heteroatoms. The summed E-state index contributed by atoms with van der Waals surface area (Å²) in [6, 6.07) is 0. The maximum Gasteiger partial charge on any atom is 0.168 e. The lowest BCUT2D eigenvalue weighted by molar-refractivity contribution is 0.0979. The third-order valence-electron chi connectivity index (χ3n) is 1.85. The van der Waals surface area contributed by atoms with Crippen molar-refractivity contribution in [1.82, 2.24) is 10.2 Å². The summed E-state index contributed by atoms with van der Waals surface area (Å²) in [6.45, 7) is 9.71. The molecular formula is C8H16N2S. The second kappa shape index (κ2) is 2.97. The van der Waals surface area contributed by atoms with Gasteiger partial charge in [0.25, 0.3) is 0 Å². The third kappa shape index (κ3) is 2.06. The topological polar surface area (TPSA) is 15.3 Å². The van der Waals surface area contributed by atoms with E-state index < -0.39 is 0 Å². The summed E-state index contributed by atoms with van der Waals surface area (Å²) >= 11 is 5.14. The van der Waals surface area contributed by atoms with Gasteiger partial charge in [-0.3, -0.25) is 0 Å². The normalized spacial score (nSPS) is 20.8. The monoisotopic (exact) mass is 172 g/mol. The van der Waals surface area contributed by atoms with E-state index in [4.69, 9.17) is 12.2 Å². The second-order valence-electron chi connectivity index (χ2n) is 3.86. The van der Waals surface area contributed by atoms with Crippen LogP contribution in [0.1, 0.15) is 20.8 Å². The first kappa shape index (κ1) is 8.78. The van der Waals surface area contributed by atoms with Crippen molar-refractivity contribution in [2.75, 3.05) is 19.6 Å². The van der Waals surface area contributed by atoms with Crippen LogP contribution in [0.3, 0.4) is 0 Å². The largest absolute Gasteiger partial charge is 0.363 e. The molecule has 1 fully saturated rings. The van der Waals surface area contributed by atoms with Gasteiger partial charge in [-0.25, -0.2) is 0 Å². The number of hydrogen-bond donors (Lipinski definition) is 1. The van der Waals surface area contributed by atoms with E-state index in [-0.39, 0.29) is 0 Å².